The van der Waals surface area contributed by atoms with Gasteiger partial charge in [-0.05, 0) is 23.6 Å². The van der Waals surface area contributed by atoms with Gasteiger partial charge in [0.2, 0.25) is 0 Å². The zero-order valence-electron chi connectivity index (χ0n) is 5.80. The summed E-state index contributed by atoms with van der Waals surface area (Å²) in [5, 5.41) is 10.5. The number of hydrogen-bond donors (Lipinski definition) is 0. The van der Waals surface area contributed by atoms with Crippen molar-refractivity contribution < 1.29 is 5.11 Å². The van der Waals surface area contributed by atoms with Crippen molar-refractivity contribution >= 4 is 11.6 Å². The first-order chi connectivity index (χ1) is 5.33. The third-order valence-electron chi connectivity index (χ3n) is 1.28. The topological polar surface area (TPSA) is 19.9 Å². The molecule has 0 unspecified atom stereocenters. The van der Waals surface area contributed by atoms with Crippen molar-refractivity contribution in [2.45, 2.75) is 6.42 Å². The van der Waals surface area contributed by atoms with E-state index in [0.717, 1.165) is 5.56 Å². The molecule has 11 heavy (non-hydrogen) atoms. The van der Waals surface area contributed by atoms with Gasteiger partial charge in [0.25, 0.3) is 0 Å². The zero-order valence-corrected chi connectivity index (χ0v) is 6.56. The van der Waals surface area contributed by atoms with Gasteiger partial charge < -0.3 is 0 Å². The van der Waals surface area contributed by atoms with E-state index in [1.165, 1.54) is 0 Å². The first-order valence-corrected chi connectivity index (χ1v) is 3.55. The lowest BCUT2D eigenvalue weighted by molar-refractivity contribution is 0.391. The van der Waals surface area contributed by atoms with Gasteiger partial charge in [0.15, 0.2) is 6.11 Å². The molecule has 0 aliphatic heterocycles. The van der Waals surface area contributed by atoms with Crippen LogP contribution in [0.3, 0.4) is 0 Å². The number of benzene rings is 1. The summed E-state index contributed by atoms with van der Waals surface area (Å²) >= 11 is 5.65. The maximum atomic E-state index is 9.78. The van der Waals surface area contributed by atoms with Crippen molar-refractivity contribution in [3.63, 3.8) is 0 Å². The van der Waals surface area contributed by atoms with Crippen LogP contribution in [0.5, 0.6) is 0 Å². The standard InChI is InChI=1S/C9H6ClO/c10-9-5-3-8(4-6-9)2-1-7-11/h3-6H,2H2. The van der Waals surface area contributed by atoms with Gasteiger partial charge in [0, 0.05) is 11.4 Å². The van der Waals surface area contributed by atoms with E-state index < -0.39 is 0 Å². The van der Waals surface area contributed by atoms with Crippen LogP contribution in [-0.4, -0.2) is 0 Å². The Morgan fingerprint density at radius 1 is 1.27 bits per heavy atom. The molecule has 0 aromatic heterocycles. The molecule has 0 heterocycles. The highest BCUT2D eigenvalue weighted by Crippen LogP contribution is 2.09. The minimum Gasteiger partial charge on any atom is -0.224 e. The van der Waals surface area contributed by atoms with Crippen molar-refractivity contribution in [1.82, 2.24) is 0 Å². The van der Waals surface area contributed by atoms with Crippen LogP contribution in [0.4, 0.5) is 0 Å². The first-order valence-electron chi connectivity index (χ1n) is 3.17. The Bertz CT molecular complexity index is 279. The van der Waals surface area contributed by atoms with E-state index >= 15 is 0 Å². The molecule has 0 fully saturated rings. The van der Waals surface area contributed by atoms with E-state index in [1.54, 1.807) is 18.2 Å². The van der Waals surface area contributed by atoms with Crippen LogP contribution < -0.4 is 0 Å². The van der Waals surface area contributed by atoms with E-state index in [2.05, 4.69) is 5.92 Å². The molecule has 0 aliphatic carbocycles. The van der Waals surface area contributed by atoms with Crippen molar-refractivity contribution in [2.75, 3.05) is 0 Å². The summed E-state index contributed by atoms with van der Waals surface area (Å²) in [6.07, 6.45) is 2.10. The minimum absolute atomic E-state index is 0.501. The van der Waals surface area contributed by atoms with Gasteiger partial charge in [-0.25, -0.2) is 5.11 Å². The van der Waals surface area contributed by atoms with Crippen LogP contribution in [0, 0.1) is 12.0 Å². The lowest BCUT2D eigenvalue weighted by atomic mass is 10.2. The van der Waals surface area contributed by atoms with E-state index in [1.807, 2.05) is 12.1 Å². The first kappa shape index (κ1) is 7.97. The fourth-order valence-corrected chi connectivity index (χ4v) is 0.866. The zero-order chi connectivity index (χ0) is 8.10. The van der Waals surface area contributed by atoms with Gasteiger partial charge >= 0.3 is 0 Å². The summed E-state index contributed by atoms with van der Waals surface area (Å²) in [6, 6.07) is 7.27. The van der Waals surface area contributed by atoms with Crippen LogP contribution in [0.15, 0.2) is 24.3 Å². The van der Waals surface area contributed by atoms with E-state index in [0.29, 0.717) is 11.4 Å². The molecule has 0 bridgehead atoms. The van der Waals surface area contributed by atoms with Crippen LogP contribution in [0.2, 0.25) is 5.02 Å². The molecule has 1 aromatic carbocycles. The second-order valence-corrected chi connectivity index (χ2v) is 2.52. The van der Waals surface area contributed by atoms with Gasteiger partial charge in [-0.2, -0.15) is 0 Å². The molecule has 0 N–H and O–H groups in total. The molecule has 1 rings (SSSR count). The Balaban J connectivity index is 2.71. The van der Waals surface area contributed by atoms with Gasteiger partial charge in [-0.1, -0.05) is 23.7 Å². The fourth-order valence-electron chi connectivity index (χ4n) is 0.740. The smallest absolute Gasteiger partial charge is 0.172 e. The summed E-state index contributed by atoms with van der Waals surface area (Å²) in [6.45, 7) is 0. The van der Waals surface area contributed by atoms with Crippen LogP contribution in [-0.2, 0) is 11.5 Å². The van der Waals surface area contributed by atoms with Crippen molar-refractivity contribution in [1.29, 1.82) is 0 Å². The van der Waals surface area contributed by atoms with E-state index in [-0.39, 0.29) is 0 Å². The molecule has 1 aromatic rings. The summed E-state index contributed by atoms with van der Waals surface area (Å²) in [5.74, 6) is 2.44. The van der Waals surface area contributed by atoms with Crippen molar-refractivity contribution in [3.05, 3.63) is 34.9 Å². The van der Waals surface area contributed by atoms with Crippen LogP contribution in [0.1, 0.15) is 5.56 Å². The maximum Gasteiger partial charge on any atom is 0.172 e. The maximum absolute atomic E-state index is 9.78. The summed E-state index contributed by atoms with van der Waals surface area (Å²) in [5.41, 5.74) is 1.01. The average Bonchev–Trinajstić information content (AvgIpc) is 2.04. The Morgan fingerprint density at radius 3 is 2.45 bits per heavy atom. The summed E-state index contributed by atoms with van der Waals surface area (Å²) < 4.78 is 0. The van der Waals surface area contributed by atoms with Gasteiger partial charge in [0.05, 0.1) is 0 Å². The molecule has 1 nitrogen and oxygen atoms in total. The highest BCUT2D eigenvalue weighted by molar-refractivity contribution is 6.30. The predicted molar refractivity (Wildman–Crippen MR) is 43.6 cm³/mol. The van der Waals surface area contributed by atoms with E-state index in [9.17, 15) is 5.11 Å². The van der Waals surface area contributed by atoms with E-state index in [4.69, 9.17) is 11.6 Å². The Labute approximate surface area is 70.6 Å². The molecular formula is C9H6ClO. The normalized spacial score (nSPS) is 8.45. The Morgan fingerprint density at radius 2 is 1.91 bits per heavy atom. The molecule has 1 radical (unpaired) electrons. The molecule has 2 heteroatoms. The molecule has 0 saturated carbocycles. The Hall–Kier alpha value is -1.13. The molecule has 0 aliphatic rings. The monoisotopic (exact) mass is 165 g/mol. The quantitative estimate of drug-likeness (QED) is 0.569. The third-order valence-corrected chi connectivity index (χ3v) is 1.53. The Kier molecular flexibility index (Phi) is 2.83. The number of halogens is 1. The minimum atomic E-state index is 0.501. The highest BCUT2D eigenvalue weighted by Gasteiger charge is 1.88. The predicted octanol–water partition coefficient (Wildman–Crippen LogP) is 2.27. The highest BCUT2D eigenvalue weighted by atomic mass is 35.5. The molecule has 0 spiro atoms. The van der Waals surface area contributed by atoms with Crippen molar-refractivity contribution in [2.24, 2.45) is 0 Å². The molecular weight excluding hydrogens is 160 g/mol. The summed E-state index contributed by atoms with van der Waals surface area (Å²) in [7, 11) is 0. The molecule has 55 valence electrons. The number of hydrogen-bond acceptors (Lipinski definition) is 0. The van der Waals surface area contributed by atoms with Crippen LogP contribution in [0.25, 0.3) is 0 Å². The summed E-state index contributed by atoms with van der Waals surface area (Å²) in [4.78, 5) is 0. The fraction of sp³-hybridized carbons (Fsp3) is 0.111. The molecule has 0 saturated heterocycles. The average molecular weight is 166 g/mol. The SMILES string of the molecule is [O]C#CCc1ccc(Cl)cc1. The second kappa shape index (κ2) is 3.90. The largest absolute Gasteiger partial charge is 0.224 e. The lowest BCUT2D eigenvalue weighted by Gasteiger charge is -1.92. The van der Waals surface area contributed by atoms with Gasteiger partial charge in [-0.3, -0.25) is 0 Å². The van der Waals surface area contributed by atoms with Gasteiger partial charge in [-0.15, -0.1) is 0 Å². The molecule has 0 amide bonds. The third kappa shape index (κ3) is 2.53. The molecule has 0 atom stereocenters. The van der Waals surface area contributed by atoms with Crippen LogP contribution >= 0.6 is 11.6 Å². The number of rotatable bonds is 1. The second-order valence-electron chi connectivity index (χ2n) is 2.08. The lowest BCUT2D eigenvalue weighted by Crippen LogP contribution is -1.78. The van der Waals surface area contributed by atoms with Crippen molar-refractivity contribution in [3.8, 4) is 12.0 Å². The van der Waals surface area contributed by atoms with Gasteiger partial charge in [0.1, 0.15) is 0 Å².